The Hall–Kier alpha value is -2.69. The van der Waals surface area contributed by atoms with E-state index in [1.54, 1.807) is 0 Å². The van der Waals surface area contributed by atoms with Gasteiger partial charge in [-0.2, -0.15) is 0 Å². The third-order valence-electron chi connectivity index (χ3n) is 4.47. The van der Waals surface area contributed by atoms with Crippen LogP contribution in [0, 0.1) is 6.92 Å². The first-order valence-corrected chi connectivity index (χ1v) is 9.07. The van der Waals surface area contributed by atoms with E-state index in [9.17, 15) is 4.79 Å². The maximum atomic E-state index is 12.6. The standard InChI is InChI=1S/C21H26N2O3/c1-5-25-20-11-16-10-14(3)26-19(16)12-18(20)22-15(4)21(24)23-17-9-7-6-8-13(17)2/h6-9,11-12,14-15,22H,5,10H2,1-4H3,(H,23,24)/t14-,15-/m0/s1. The normalized spacial score (nSPS) is 16.4. The molecular formula is C21H26N2O3. The second kappa shape index (κ2) is 7.68. The SMILES string of the molecule is CCOc1cc2c(cc1N[C@@H](C)C(=O)Nc1ccccc1C)O[C@@H](C)C2. The van der Waals surface area contributed by atoms with Crippen molar-refractivity contribution in [2.45, 2.75) is 46.3 Å². The van der Waals surface area contributed by atoms with Gasteiger partial charge in [0.1, 0.15) is 23.6 Å². The lowest BCUT2D eigenvalue weighted by molar-refractivity contribution is -0.116. The topological polar surface area (TPSA) is 59.6 Å². The molecule has 0 aliphatic carbocycles. The van der Waals surface area contributed by atoms with Crippen LogP contribution >= 0.6 is 0 Å². The molecule has 0 saturated carbocycles. The van der Waals surface area contributed by atoms with Crippen molar-refractivity contribution in [2.24, 2.45) is 0 Å². The minimum absolute atomic E-state index is 0.100. The lowest BCUT2D eigenvalue weighted by Crippen LogP contribution is -2.32. The Balaban J connectivity index is 1.76. The van der Waals surface area contributed by atoms with Crippen LogP contribution in [0.1, 0.15) is 31.9 Å². The third-order valence-corrected chi connectivity index (χ3v) is 4.47. The fourth-order valence-corrected chi connectivity index (χ4v) is 3.08. The van der Waals surface area contributed by atoms with Gasteiger partial charge in [-0.25, -0.2) is 0 Å². The summed E-state index contributed by atoms with van der Waals surface area (Å²) in [7, 11) is 0. The molecule has 1 amide bonds. The molecule has 2 aromatic rings. The van der Waals surface area contributed by atoms with Crippen molar-refractivity contribution in [3.05, 3.63) is 47.5 Å². The van der Waals surface area contributed by atoms with Gasteiger partial charge in [-0.15, -0.1) is 0 Å². The molecule has 5 nitrogen and oxygen atoms in total. The second-order valence-corrected chi connectivity index (χ2v) is 6.69. The van der Waals surface area contributed by atoms with Gasteiger partial charge >= 0.3 is 0 Å². The second-order valence-electron chi connectivity index (χ2n) is 6.69. The molecule has 2 atom stereocenters. The highest BCUT2D eigenvalue weighted by Gasteiger charge is 2.23. The lowest BCUT2D eigenvalue weighted by Gasteiger charge is -2.19. The summed E-state index contributed by atoms with van der Waals surface area (Å²) in [6.45, 7) is 8.36. The van der Waals surface area contributed by atoms with E-state index in [0.717, 1.165) is 40.4 Å². The molecule has 0 aromatic heterocycles. The molecule has 1 aliphatic rings. The van der Waals surface area contributed by atoms with Gasteiger partial charge in [0.2, 0.25) is 5.91 Å². The predicted molar refractivity (Wildman–Crippen MR) is 104 cm³/mol. The highest BCUT2D eigenvalue weighted by Crippen LogP contribution is 2.38. The van der Waals surface area contributed by atoms with Gasteiger partial charge in [0.15, 0.2) is 0 Å². The number of aryl methyl sites for hydroxylation is 1. The number of fused-ring (bicyclic) bond motifs is 1. The van der Waals surface area contributed by atoms with Gasteiger partial charge in [0, 0.05) is 23.7 Å². The largest absolute Gasteiger partial charge is 0.492 e. The van der Waals surface area contributed by atoms with Crippen LogP contribution < -0.4 is 20.1 Å². The van der Waals surface area contributed by atoms with Crippen molar-refractivity contribution in [2.75, 3.05) is 17.2 Å². The summed E-state index contributed by atoms with van der Waals surface area (Å²) < 4.78 is 11.6. The number of para-hydroxylation sites is 1. The molecule has 26 heavy (non-hydrogen) atoms. The Morgan fingerprint density at radius 2 is 2.08 bits per heavy atom. The van der Waals surface area contributed by atoms with Crippen LogP contribution in [0.2, 0.25) is 0 Å². The fourth-order valence-electron chi connectivity index (χ4n) is 3.08. The molecule has 0 saturated heterocycles. The smallest absolute Gasteiger partial charge is 0.246 e. The van der Waals surface area contributed by atoms with E-state index in [2.05, 4.69) is 10.6 Å². The first-order chi connectivity index (χ1) is 12.5. The van der Waals surface area contributed by atoms with Crippen molar-refractivity contribution in [3.63, 3.8) is 0 Å². The summed E-state index contributed by atoms with van der Waals surface area (Å²) >= 11 is 0. The van der Waals surface area contributed by atoms with Gasteiger partial charge in [-0.3, -0.25) is 4.79 Å². The zero-order valence-electron chi connectivity index (χ0n) is 15.8. The molecule has 1 aliphatic heterocycles. The molecule has 2 N–H and O–H groups in total. The van der Waals surface area contributed by atoms with E-state index < -0.39 is 6.04 Å². The monoisotopic (exact) mass is 354 g/mol. The lowest BCUT2D eigenvalue weighted by atomic mass is 10.1. The van der Waals surface area contributed by atoms with E-state index >= 15 is 0 Å². The van der Waals surface area contributed by atoms with Crippen LogP contribution in [0.5, 0.6) is 11.5 Å². The van der Waals surface area contributed by atoms with Gasteiger partial charge < -0.3 is 20.1 Å². The molecule has 0 unspecified atom stereocenters. The number of benzene rings is 2. The summed E-state index contributed by atoms with van der Waals surface area (Å²) in [4.78, 5) is 12.6. The molecule has 0 radical (unpaired) electrons. The summed E-state index contributed by atoms with van der Waals surface area (Å²) in [5.74, 6) is 1.51. The van der Waals surface area contributed by atoms with Crippen LogP contribution in [0.15, 0.2) is 36.4 Å². The first kappa shape index (κ1) is 18.1. The Labute approximate surface area is 154 Å². The van der Waals surface area contributed by atoms with E-state index in [4.69, 9.17) is 9.47 Å². The number of nitrogens with one attached hydrogen (secondary N) is 2. The zero-order valence-corrected chi connectivity index (χ0v) is 15.8. The highest BCUT2D eigenvalue weighted by molar-refractivity contribution is 5.97. The zero-order chi connectivity index (χ0) is 18.7. The number of hydrogen-bond donors (Lipinski definition) is 2. The van der Waals surface area contributed by atoms with Crippen LogP contribution in [-0.4, -0.2) is 24.7 Å². The molecule has 3 rings (SSSR count). The van der Waals surface area contributed by atoms with Crippen LogP contribution in [0.25, 0.3) is 0 Å². The van der Waals surface area contributed by atoms with E-state index in [1.165, 1.54) is 0 Å². The molecule has 0 bridgehead atoms. The summed E-state index contributed by atoms with van der Waals surface area (Å²) in [5.41, 5.74) is 3.76. The van der Waals surface area contributed by atoms with Gasteiger partial charge in [-0.1, -0.05) is 18.2 Å². The molecule has 1 heterocycles. The molecule has 2 aromatic carbocycles. The summed E-state index contributed by atoms with van der Waals surface area (Å²) in [6, 6.07) is 11.2. The van der Waals surface area contributed by atoms with Crippen molar-refractivity contribution < 1.29 is 14.3 Å². The summed E-state index contributed by atoms with van der Waals surface area (Å²) in [6.07, 6.45) is 1.04. The number of ether oxygens (including phenoxy) is 2. The van der Waals surface area contributed by atoms with Crippen molar-refractivity contribution in [1.29, 1.82) is 0 Å². The van der Waals surface area contributed by atoms with Crippen LogP contribution in [-0.2, 0) is 11.2 Å². The Bertz CT molecular complexity index is 804. The minimum Gasteiger partial charge on any atom is -0.492 e. The maximum absolute atomic E-state index is 12.6. The Kier molecular flexibility index (Phi) is 5.35. The summed E-state index contributed by atoms with van der Waals surface area (Å²) in [5, 5.41) is 6.23. The van der Waals surface area contributed by atoms with Gasteiger partial charge in [-0.05, 0) is 45.4 Å². The number of anilines is 2. The molecular weight excluding hydrogens is 328 g/mol. The maximum Gasteiger partial charge on any atom is 0.246 e. The van der Waals surface area contributed by atoms with Crippen molar-refractivity contribution in [1.82, 2.24) is 0 Å². The molecule has 5 heteroatoms. The Morgan fingerprint density at radius 1 is 1.31 bits per heavy atom. The first-order valence-electron chi connectivity index (χ1n) is 9.07. The minimum atomic E-state index is -0.425. The number of hydrogen-bond acceptors (Lipinski definition) is 4. The van der Waals surface area contributed by atoms with Gasteiger partial charge in [0.05, 0.1) is 12.3 Å². The highest BCUT2D eigenvalue weighted by atomic mass is 16.5. The van der Waals surface area contributed by atoms with E-state index in [0.29, 0.717) is 6.61 Å². The van der Waals surface area contributed by atoms with Crippen LogP contribution in [0.4, 0.5) is 11.4 Å². The van der Waals surface area contributed by atoms with Crippen LogP contribution in [0.3, 0.4) is 0 Å². The molecule has 0 spiro atoms. The number of rotatable bonds is 6. The average Bonchev–Trinajstić information content (AvgIpc) is 2.96. The van der Waals surface area contributed by atoms with Crippen molar-refractivity contribution >= 4 is 17.3 Å². The number of carbonyl (C=O) groups is 1. The van der Waals surface area contributed by atoms with E-state index in [-0.39, 0.29) is 12.0 Å². The fraction of sp³-hybridized carbons (Fsp3) is 0.381. The number of amides is 1. The van der Waals surface area contributed by atoms with E-state index in [1.807, 2.05) is 64.1 Å². The number of carbonyl (C=O) groups excluding carboxylic acids is 1. The Morgan fingerprint density at radius 3 is 2.81 bits per heavy atom. The predicted octanol–water partition coefficient (Wildman–Crippen LogP) is 4.16. The quantitative estimate of drug-likeness (QED) is 0.818. The van der Waals surface area contributed by atoms with Gasteiger partial charge in [0.25, 0.3) is 0 Å². The molecule has 138 valence electrons. The average molecular weight is 354 g/mol. The third kappa shape index (κ3) is 3.93. The van der Waals surface area contributed by atoms with Crippen molar-refractivity contribution in [3.8, 4) is 11.5 Å². The molecule has 0 fully saturated rings.